The molecule has 4 aromatic carbocycles. The molecular weight excluding hydrogens is 454 g/mol. The van der Waals surface area contributed by atoms with Gasteiger partial charge in [-0.05, 0) is 85.5 Å². The van der Waals surface area contributed by atoms with Crippen molar-refractivity contribution in [2.45, 2.75) is 33.6 Å². The molecule has 0 unspecified atom stereocenters. The largest absolute Gasteiger partial charge is 0.507 e. The summed E-state index contributed by atoms with van der Waals surface area (Å²) in [4.78, 5) is 0. The molecule has 0 atom stereocenters. The molecule has 0 aliphatic rings. The third-order valence-electron chi connectivity index (χ3n) is 6.40. The Hall–Kier alpha value is -4.52. The van der Waals surface area contributed by atoms with Gasteiger partial charge in [-0.25, -0.2) is 0 Å². The van der Waals surface area contributed by atoms with Gasteiger partial charge < -0.3 is 37.6 Å². The maximum Gasteiger partial charge on any atom is 0.127 e. The van der Waals surface area contributed by atoms with E-state index in [1.54, 1.807) is 56.3 Å². The standard InChI is InChI=1S/C29H31N3O4/c1-14-4-17(8-18-10-21(30)6-15(2)26(18)33)28(35)24(5-14)25-13-23(32)12-20(29(25)36)9-19-11-22(31)7-16(3)27(19)34/h4-7,10-13,33-36H,8-9,30-32H2,1-3H3. The Balaban J connectivity index is 1.81. The van der Waals surface area contributed by atoms with E-state index in [4.69, 9.17) is 17.2 Å². The third-order valence-corrected chi connectivity index (χ3v) is 6.40. The van der Waals surface area contributed by atoms with Crippen molar-refractivity contribution >= 4 is 17.1 Å². The van der Waals surface area contributed by atoms with Crippen LogP contribution in [0.3, 0.4) is 0 Å². The van der Waals surface area contributed by atoms with Crippen molar-refractivity contribution < 1.29 is 20.4 Å². The average Bonchev–Trinajstić information content (AvgIpc) is 2.79. The van der Waals surface area contributed by atoms with Crippen LogP contribution in [-0.4, -0.2) is 20.4 Å². The van der Waals surface area contributed by atoms with Gasteiger partial charge in [0.1, 0.15) is 23.0 Å². The zero-order valence-electron chi connectivity index (χ0n) is 20.6. The second-order valence-corrected chi connectivity index (χ2v) is 9.44. The van der Waals surface area contributed by atoms with Crippen LogP contribution in [0.1, 0.15) is 38.9 Å². The summed E-state index contributed by atoms with van der Waals surface area (Å²) in [5.74, 6) is 0.135. The van der Waals surface area contributed by atoms with Crippen molar-refractivity contribution in [2.24, 2.45) is 0 Å². The average molecular weight is 486 g/mol. The summed E-state index contributed by atoms with van der Waals surface area (Å²) >= 11 is 0. The lowest BCUT2D eigenvalue weighted by Crippen LogP contribution is -1.99. The summed E-state index contributed by atoms with van der Waals surface area (Å²) in [6.07, 6.45) is 0.433. The van der Waals surface area contributed by atoms with Crippen molar-refractivity contribution in [1.29, 1.82) is 0 Å². The molecule has 7 heteroatoms. The fourth-order valence-corrected chi connectivity index (χ4v) is 4.70. The molecule has 7 nitrogen and oxygen atoms in total. The van der Waals surface area contributed by atoms with E-state index < -0.39 is 0 Å². The molecule has 0 fully saturated rings. The summed E-state index contributed by atoms with van der Waals surface area (Å²) in [5, 5.41) is 43.5. The molecule has 36 heavy (non-hydrogen) atoms. The van der Waals surface area contributed by atoms with Gasteiger partial charge in [-0.3, -0.25) is 0 Å². The van der Waals surface area contributed by atoms with Crippen molar-refractivity contribution in [3.63, 3.8) is 0 Å². The Morgan fingerprint density at radius 2 is 0.833 bits per heavy atom. The van der Waals surface area contributed by atoms with Crippen LogP contribution in [0.4, 0.5) is 17.1 Å². The van der Waals surface area contributed by atoms with Gasteiger partial charge in [-0.1, -0.05) is 6.07 Å². The number of hydrogen-bond acceptors (Lipinski definition) is 7. The van der Waals surface area contributed by atoms with Crippen molar-refractivity contribution in [3.05, 3.63) is 87.5 Å². The van der Waals surface area contributed by atoms with Gasteiger partial charge >= 0.3 is 0 Å². The van der Waals surface area contributed by atoms with Crippen LogP contribution in [0, 0.1) is 20.8 Å². The second kappa shape index (κ2) is 9.26. The van der Waals surface area contributed by atoms with Crippen LogP contribution in [0.25, 0.3) is 11.1 Å². The topological polar surface area (TPSA) is 159 Å². The number of hydrogen-bond donors (Lipinski definition) is 7. The number of aryl methyl sites for hydroxylation is 3. The minimum atomic E-state index is -0.0572. The van der Waals surface area contributed by atoms with E-state index in [0.717, 1.165) is 5.56 Å². The van der Waals surface area contributed by atoms with E-state index in [9.17, 15) is 20.4 Å². The molecule has 0 aromatic heterocycles. The molecule has 0 heterocycles. The first-order valence-electron chi connectivity index (χ1n) is 11.5. The first-order valence-corrected chi connectivity index (χ1v) is 11.5. The van der Waals surface area contributed by atoms with Gasteiger partial charge in [0.25, 0.3) is 0 Å². The first-order chi connectivity index (χ1) is 16.9. The number of nitrogens with two attached hydrogens (primary N) is 3. The number of phenols is 4. The van der Waals surface area contributed by atoms with Crippen molar-refractivity contribution in [1.82, 2.24) is 0 Å². The summed E-state index contributed by atoms with van der Waals surface area (Å²) in [6, 6.07) is 13.5. The van der Waals surface area contributed by atoms with Gasteiger partial charge in [0.15, 0.2) is 0 Å². The second-order valence-electron chi connectivity index (χ2n) is 9.44. The van der Waals surface area contributed by atoms with Crippen LogP contribution in [-0.2, 0) is 12.8 Å². The van der Waals surface area contributed by atoms with Crippen LogP contribution in [0.15, 0.2) is 48.5 Å². The molecule has 0 saturated heterocycles. The number of phenolic OH excluding ortho intramolecular Hbond substituents is 4. The van der Waals surface area contributed by atoms with Gasteiger partial charge in [0.05, 0.1) is 0 Å². The Morgan fingerprint density at radius 3 is 1.31 bits per heavy atom. The molecule has 4 aromatic rings. The van der Waals surface area contributed by atoms with E-state index >= 15 is 0 Å². The molecule has 0 aliphatic heterocycles. The summed E-state index contributed by atoms with van der Waals surface area (Å²) in [7, 11) is 0. The van der Waals surface area contributed by atoms with Crippen molar-refractivity contribution in [3.8, 4) is 34.1 Å². The molecule has 0 saturated carbocycles. The zero-order chi connectivity index (χ0) is 26.3. The zero-order valence-corrected chi connectivity index (χ0v) is 20.6. The maximum atomic E-state index is 11.2. The van der Waals surface area contributed by atoms with Crippen LogP contribution < -0.4 is 17.2 Å². The molecule has 10 N–H and O–H groups in total. The minimum absolute atomic E-state index is 0.0328. The Bertz CT molecular complexity index is 1380. The predicted molar refractivity (Wildman–Crippen MR) is 144 cm³/mol. The molecule has 4 rings (SSSR count). The number of anilines is 3. The molecular formula is C29H31N3O4. The number of nitrogen functional groups attached to an aromatic ring is 3. The highest BCUT2D eigenvalue weighted by Gasteiger charge is 2.20. The van der Waals surface area contributed by atoms with Gasteiger partial charge in [0, 0.05) is 57.7 Å². The molecule has 0 radical (unpaired) electrons. The summed E-state index contributed by atoms with van der Waals surface area (Å²) < 4.78 is 0. The normalized spacial score (nSPS) is 11.1. The third kappa shape index (κ3) is 4.68. The van der Waals surface area contributed by atoms with E-state index in [1.165, 1.54) is 0 Å². The Labute approximate surface area is 210 Å². The minimum Gasteiger partial charge on any atom is -0.507 e. The van der Waals surface area contributed by atoms with E-state index in [0.29, 0.717) is 61.6 Å². The highest BCUT2D eigenvalue weighted by molar-refractivity contribution is 5.81. The molecule has 0 bridgehead atoms. The van der Waals surface area contributed by atoms with Crippen molar-refractivity contribution in [2.75, 3.05) is 17.2 Å². The lowest BCUT2D eigenvalue weighted by Gasteiger charge is -2.17. The lowest BCUT2D eigenvalue weighted by molar-refractivity contribution is 0.457. The van der Waals surface area contributed by atoms with Gasteiger partial charge in [-0.2, -0.15) is 0 Å². The van der Waals surface area contributed by atoms with Gasteiger partial charge in [-0.15, -0.1) is 0 Å². The predicted octanol–water partition coefficient (Wildman–Crippen LogP) is 5.03. The van der Waals surface area contributed by atoms with Gasteiger partial charge in [0.2, 0.25) is 0 Å². The quantitative estimate of drug-likeness (QED) is 0.154. The molecule has 0 aliphatic carbocycles. The SMILES string of the molecule is Cc1cc(Cc2cc(N)cc(C)c2O)c(O)c(-c2cc(N)cc(Cc3cc(N)cc(C)c3O)c2O)c1. The van der Waals surface area contributed by atoms with Crippen LogP contribution >= 0.6 is 0 Å². The lowest BCUT2D eigenvalue weighted by atomic mass is 9.91. The monoisotopic (exact) mass is 485 g/mol. The molecule has 186 valence electrons. The number of rotatable bonds is 5. The Morgan fingerprint density at radius 1 is 0.472 bits per heavy atom. The smallest absolute Gasteiger partial charge is 0.127 e. The van der Waals surface area contributed by atoms with E-state index in [-0.39, 0.29) is 35.8 Å². The Kier molecular flexibility index (Phi) is 6.33. The molecule has 0 amide bonds. The summed E-state index contributed by atoms with van der Waals surface area (Å²) in [6.45, 7) is 5.41. The van der Waals surface area contributed by atoms with Crippen LogP contribution in [0.5, 0.6) is 23.0 Å². The van der Waals surface area contributed by atoms with E-state index in [2.05, 4.69) is 0 Å². The van der Waals surface area contributed by atoms with E-state index in [1.807, 2.05) is 13.0 Å². The van der Waals surface area contributed by atoms with Crippen LogP contribution in [0.2, 0.25) is 0 Å². The molecule has 0 spiro atoms. The fraction of sp³-hybridized carbons (Fsp3) is 0.172. The summed E-state index contributed by atoms with van der Waals surface area (Å²) in [5.41, 5.74) is 24.6. The maximum absolute atomic E-state index is 11.2. The highest BCUT2D eigenvalue weighted by atomic mass is 16.3. The first kappa shape index (κ1) is 24.6. The number of aromatic hydroxyl groups is 4. The highest BCUT2D eigenvalue weighted by Crippen LogP contribution is 2.43. The fourth-order valence-electron chi connectivity index (χ4n) is 4.70. The number of benzene rings is 4.